The van der Waals surface area contributed by atoms with Gasteiger partial charge in [0.15, 0.2) is 0 Å². The Hall–Kier alpha value is -0.930. The van der Waals surface area contributed by atoms with E-state index in [1.165, 1.54) is 12.1 Å². The molecule has 1 aromatic carbocycles. The molecule has 0 amide bonds. The minimum atomic E-state index is -0.189. The number of ether oxygens (including phenoxy) is 1. The van der Waals surface area contributed by atoms with Crippen molar-refractivity contribution in [1.29, 1.82) is 0 Å². The highest BCUT2D eigenvalue weighted by Gasteiger charge is 2.07. The molecule has 0 unspecified atom stereocenters. The van der Waals surface area contributed by atoms with Crippen LogP contribution in [-0.2, 0) is 4.74 Å². The van der Waals surface area contributed by atoms with Gasteiger partial charge in [0.2, 0.25) is 0 Å². The van der Waals surface area contributed by atoms with E-state index in [9.17, 15) is 4.39 Å². The first-order valence-electron chi connectivity index (χ1n) is 5.25. The van der Waals surface area contributed by atoms with Crippen LogP contribution in [0.1, 0.15) is 24.9 Å². The summed E-state index contributed by atoms with van der Waals surface area (Å²) < 4.78 is 17.7. The lowest BCUT2D eigenvalue weighted by Gasteiger charge is -2.17. The predicted octanol–water partition coefficient (Wildman–Crippen LogP) is 2.51. The Bertz CT molecular complexity index is 273. The van der Waals surface area contributed by atoms with Gasteiger partial charge in [0.25, 0.3) is 0 Å². The summed E-state index contributed by atoms with van der Waals surface area (Å²) >= 11 is 0. The first kappa shape index (κ1) is 12.1. The van der Waals surface area contributed by atoms with Gasteiger partial charge in [0.05, 0.1) is 6.61 Å². The van der Waals surface area contributed by atoms with Crippen molar-refractivity contribution in [2.75, 3.05) is 20.3 Å². The second-order valence-corrected chi connectivity index (χ2v) is 3.46. The third-order valence-electron chi connectivity index (χ3n) is 2.38. The van der Waals surface area contributed by atoms with Crippen LogP contribution in [-0.4, -0.2) is 20.3 Å². The van der Waals surface area contributed by atoms with E-state index in [2.05, 4.69) is 12.2 Å². The summed E-state index contributed by atoms with van der Waals surface area (Å²) in [6.07, 6.45) is 0.981. The molecule has 0 spiro atoms. The molecule has 1 rings (SSSR count). The third-order valence-corrected chi connectivity index (χ3v) is 2.38. The molecule has 1 aromatic rings. The maximum atomic E-state index is 12.7. The van der Waals surface area contributed by atoms with E-state index in [0.717, 1.165) is 18.5 Å². The fourth-order valence-corrected chi connectivity index (χ4v) is 1.53. The predicted molar refractivity (Wildman–Crippen MR) is 59.3 cm³/mol. The summed E-state index contributed by atoms with van der Waals surface area (Å²) in [5.41, 5.74) is 1.12. The number of hydrogen-bond donors (Lipinski definition) is 1. The molecule has 0 saturated heterocycles. The summed E-state index contributed by atoms with van der Waals surface area (Å²) in [6, 6.07) is 6.92. The second-order valence-electron chi connectivity index (χ2n) is 3.46. The standard InChI is InChI=1S/C12H18FNO/c1-3-12(14-8-9-15-2)10-4-6-11(13)7-5-10/h4-7,12,14H,3,8-9H2,1-2H3/t12-/m0/s1. The monoisotopic (exact) mass is 211 g/mol. The number of methoxy groups -OCH3 is 1. The van der Waals surface area contributed by atoms with Crippen molar-refractivity contribution in [2.45, 2.75) is 19.4 Å². The lowest BCUT2D eigenvalue weighted by molar-refractivity contribution is 0.195. The Morgan fingerprint density at radius 2 is 2.00 bits per heavy atom. The Morgan fingerprint density at radius 1 is 1.33 bits per heavy atom. The van der Waals surface area contributed by atoms with Crippen molar-refractivity contribution in [1.82, 2.24) is 5.32 Å². The molecule has 0 aliphatic heterocycles. The molecule has 0 saturated carbocycles. The van der Waals surface area contributed by atoms with Crippen LogP contribution in [0.4, 0.5) is 4.39 Å². The fourth-order valence-electron chi connectivity index (χ4n) is 1.53. The number of rotatable bonds is 6. The quantitative estimate of drug-likeness (QED) is 0.730. The van der Waals surface area contributed by atoms with Crippen molar-refractivity contribution in [2.24, 2.45) is 0 Å². The third kappa shape index (κ3) is 3.98. The summed E-state index contributed by atoms with van der Waals surface area (Å²) in [7, 11) is 1.68. The van der Waals surface area contributed by atoms with Crippen LogP contribution >= 0.6 is 0 Å². The fraction of sp³-hybridized carbons (Fsp3) is 0.500. The summed E-state index contributed by atoms with van der Waals surface area (Å²) in [4.78, 5) is 0. The van der Waals surface area contributed by atoms with Crippen LogP contribution in [0.5, 0.6) is 0 Å². The molecule has 0 aliphatic carbocycles. The molecule has 0 aromatic heterocycles. The van der Waals surface area contributed by atoms with Crippen LogP contribution in [0.15, 0.2) is 24.3 Å². The molecule has 0 bridgehead atoms. The number of nitrogens with one attached hydrogen (secondary N) is 1. The molecule has 0 fully saturated rings. The Balaban J connectivity index is 2.53. The first-order valence-corrected chi connectivity index (χ1v) is 5.25. The minimum Gasteiger partial charge on any atom is -0.383 e. The largest absolute Gasteiger partial charge is 0.383 e. The molecule has 3 heteroatoms. The highest BCUT2D eigenvalue weighted by Crippen LogP contribution is 2.16. The van der Waals surface area contributed by atoms with Crippen LogP contribution in [0.2, 0.25) is 0 Å². The Labute approximate surface area is 90.4 Å². The normalized spacial score (nSPS) is 12.7. The van der Waals surface area contributed by atoms with E-state index in [-0.39, 0.29) is 11.9 Å². The van der Waals surface area contributed by atoms with E-state index in [1.54, 1.807) is 7.11 Å². The van der Waals surface area contributed by atoms with Gasteiger partial charge >= 0.3 is 0 Å². The maximum absolute atomic E-state index is 12.7. The minimum absolute atomic E-state index is 0.189. The van der Waals surface area contributed by atoms with Gasteiger partial charge in [-0.05, 0) is 24.1 Å². The molecule has 0 radical (unpaired) electrons. The average molecular weight is 211 g/mol. The van der Waals surface area contributed by atoms with Crippen molar-refractivity contribution in [3.05, 3.63) is 35.6 Å². The summed E-state index contributed by atoms with van der Waals surface area (Å²) in [5, 5.41) is 3.36. The van der Waals surface area contributed by atoms with E-state index in [1.807, 2.05) is 12.1 Å². The number of benzene rings is 1. The van der Waals surface area contributed by atoms with Crippen LogP contribution < -0.4 is 5.32 Å². The van der Waals surface area contributed by atoms with E-state index < -0.39 is 0 Å². The molecule has 1 N–H and O–H groups in total. The highest BCUT2D eigenvalue weighted by molar-refractivity contribution is 5.19. The molecular formula is C12H18FNO. The van der Waals surface area contributed by atoms with Gasteiger partial charge in [-0.1, -0.05) is 19.1 Å². The maximum Gasteiger partial charge on any atom is 0.123 e. The van der Waals surface area contributed by atoms with Crippen LogP contribution in [0.25, 0.3) is 0 Å². The van der Waals surface area contributed by atoms with Crippen molar-refractivity contribution < 1.29 is 9.13 Å². The zero-order chi connectivity index (χ0) is 11.1. The van der Waals surface area contributed by atoms with Gasteiger partial charge in [-0.15, -0.1) is 0 Å². The lowest BCUT2D eigenvalue weighted by atomic mass is 10.0. The Kier molecular flexibility index (Phi) is 5.29. The molecule has 0 heterocycles. The first-order chi connectivity index (χ1) is 7.27. The molecule has 2 nitrogen and oxygen atoms in total. The van der Waals surface area contributed by atoms with Crippen LogP contribution in [0, 0.1) is 5.82 Å². The van der Waals surface area contributed by atoms with Crippen molar-refractivity contribution in [3.63, 3.8) is 0 Å². The second kappa shape index (κ2) is 6.53. The zero-order valence-electron chi connectivity index (χ0n) is 9.29. The van der Waals surface area contributed by atoms with Crippen LogP contribution in [0.3, 0.4) is 0 Å². The van der Waals surface area contributed by atoms with Gasteiger partial charge < -0.3 is 10.1 Å². The van der Waals surface area contributed by atoms with Gasteiger partial charge in [0, 0.05) is 19.7 Å². The highest BCUT2D eigenvalue weighted by atomic mass is 19.1. The molecule has 15 heavy (non-hydrogen) atoms. The van der Waals surface area contributed by atoms with E-state index in [0.29, 0.717) is 6.61 Å². The van der Waals surface area contributed by atoms with E-state index >= 15 is 0 Å². The summed E-state index contributed by atoms with van der Waals surface area (Å²) in [5.74, 6) is -0.189. The summed E-state index contributed by atoms with van der Waals surface area (Å²) in [6.45, 7) is 3.61. The molecule has 0 aliphatic rings. The SMILES string of the molecule is CC[C@H](NCCOC)c1ccc(F)cc1. The molecular weight excluding hydrogens is 193 g/mol. The Morgan fingerprint density at radius 3 is 2.53 bits per heavy atom. The molecule has 1 atom stereocenters. The van der Waals surface area contributed by atoms with Gasteiger partial charge in [0.1, 0.15) is 5.82 Å². The van der Waals surface area contributed by atoms with E-state index in [4.69, 9.17) is 4.74 Å². The zero-order valence-corrected chi connectivity index (χ0v) is 9.29. The number of halogens is 1. The lowest BCUT2D eigenvalue weighted by Crippen LogP contribution is -2.24. The van der Waals surface area contributed by atoms with Crippen molar-refractivity contribution >= 4 is 0 Å². The number of hydrogen-bond acceptors (Lipinski definition) is 2. The van der Waals surface area contributed by atoms with Gasteiger partial charge in [-0.3, -0.25) is 0 Å². The molecule has 84 valence electrons. The van der Waals surface area contributed by atoms with Gasteiger partial charge in [-0.25, -0.2) is 4.39 Å². The van der Waals surface area contributed by atoms with Crippen molar-refractivity contribution in [3.8, 4) is 0 Å². The average Bonchev–Trinajstić information content (AvgIpc) is 2.26. The van der Waals surface area contributed by atoms with Gasteiger partial charge in [-0.2, -0.15) is 0 Å². The smallest absolute Gasteiger partial charge is 0.123 e. The topological polar surface area (TPSA) is 21.3 Å².